The number of nitrogens with two attached hydrogens (primary N) is 1. The van der Waals surface area contributed by atoms with Gasteiger partial charge in [0.05, 0.1) is 17.3 Å². The maximum absolute atomic E-state index is 14.3. The summed E-state index contributed by atoms with van der Waals surface area (Å²) in [5.74, 6) is -0.130. The highest BCUT2D eigenvalue weighted by Gasteiger charge is 2.20. The molecule has 0 fully saturated rings. The molecule has 0 aliphatic rings. The van der Waals surface area contributed by atoms with E-state index in [4.69, 9.17) is 5.14 Å². The summed E-state index contributed by atoms with van der Waals surface area (Å²) in [6.07, 6.45) is 2.98. The first-order valence-corrected chi connectivity index (χ1v) is 9.07. The standard InChI is InChI=1S/C17H12FN5O2S/c18-14-4-2-1-3-13(14)15-16(23-17(22-15)20-9-10-21-23)11-5-7-12(8-6-11)26(19,24)25/h1-10H,(H2,19,24,25). The maximum Gasteiger partial charge on any atom is 0.251 e. The third-order valence-corrected chi connectivity index (χ3v) is 4.79. The summed E-state index contributed by atoms with van der Waals surface area (Å²) in [7, 11) is -3.81. The highest BCUT2D eigenvalue weighted by molar-refractivity contribution is 7.89. The molecule has 0 aliphatic carbocycles. The Morgan fingerprint density at radius 3 is 2.42 bits per heavy atom. The van der Waals surface area contributed by atoms with Gasteiger partial charge in [-0.3, -0.25) is 0 Å². The molecule has 26 heavy (non-hydrogen) atoms. The lowest BCUT2D eigenvalue weighted by molar-refractivity contribution is 0.598. The van der Waals surface area contributed by atoms with E-state index in [9.17, 15) is 12.8 Å². The van der Waals surface area contributed by atoms with Crippen LogP contribution in [0.5, 0.6) is 0 Å². The summed E-state index contributed by atoms with van der Waals surface area (Å²) in [5.41, 5.74) is 1.76. The van der Waals surface area contributed by atoms with E-state index >= 15 is 0 Å². The van der Waals surface area contributed by atoms with Gasteiger partial charge in [-0.15, -0.1) is 0 Å². The van der Waals surface area contributed by atoms with Gasteiger partial charge in [0.2, 0.25) is 10.0 Å². The molecule has 9 heteroatoms. The van der Waals surface area contributed by atoms with E-state index in [2.05, 4.69) is 15.1 Å². The quantitative estimate of drug-likeness (QED) is 0.596. The average Bonchev–Trinajstić information content (AvgIpc) is 3.00. The number of imidazole rings is 1. The van der Waals surface area contributed by atoms with Crippen molar-refractivity contribution in [2.24, 2.45) is 5.14 Å². The third kappa shape index (κ3) is 2.72. The Labute approximate surface area is 148 Å². The lowest BCUT2D eigenvalue weighted by atomic mass is 10.0. The van der Waals surface area contributed by atoms with Crippen molar-refractivity contribution in [1.82, 2.24) is 19.6 Å². The largest absolute Gasteiger partial charge is 0.251 e. The molecule has 130 valence electrons. The Morgan fingerprint density at radius 1 is 1.00 bits per heavy atom. The van der Waals surface area contributed by atoms with Gasteiger partial charge in [0.15, 0.2) is 0 Å². The molecule has 2 aromatic heterocycles. The summed E-state index contributed by atoms with van der Waals surface area (Å²) in [5, 5.41) is 9.37. The molecule has 4 rings (SSSR count). The van der Waals surface area contributed by atoms with Gasteiger partial charge in [0.1, 0.15) is 17.2 Å². The summed E-state index contributed by atoms with van der Waals surface area (Å²) < 4.78 is 38.7. The van der Waals surface area contributed by atoms with Crippen LogP contribution in [-0.4, -0.2) is 28.0 Å². The van der Waals surface area contributed by atoms with Crippen molar-refractivity contribution in [2.75, 3.05) is 0 Å². The first-order chi connectivity index (χ1) is 12.4. The van der Waals surface area contributed by atoms with E-state index in [1.54, 1.807) is 30.3 Å². The number of benzene rings is 2. The van der Waals surface area contributed by atoms with Gasteiger partial charge in [0, 0.05) is 11.1 Å². The maximum atomic E-state index is 14.3. The number of sulfonamides is 1. The molecular weight excluding hydrogens is 357 g/mol. The Kier molecular flexibility index (Phi) is 3.74. The number of rotatable bonds is 3. The lowest BCUT2D eigenvalue weighted by Gasteiger charge is -2.06. The first kappa shape index (κ1) is 16.3. The molecule has 0 aliphatic heterocycles. The van der Waals surface area contributed by atoms with Crippen molar-refractivity contribution in [3.05, 3.63) is 66.7 Å². The predicted molar refractivity (Wildman–Crippen MR) is 93.0 cm³/mol. The van der Waals surface area contributed by atoms with E-state index in [1.165, 1.54) is 35.1 Å². The van der Waals surface area contributed by atoms with Crippen LogP contribution in [0.2, 0.25) is 0 Å². The van der Waals surface area contributed by atoms with Crippen molar-refractivity contribution in [3.8, 4) is 22.5 Å². The zero-order valence-corrected chi connectivity index (χ0v) is 14.1. The number of hydrogen-bond donors (Lipinski definition) is 1. The molecule has 0 saturated heterocycles. The van der Waals surface area contributed by atoms with Crippen LogP contribution in [0.4, 0.5) is 4.39 Å². The van der Waals surface area contributed by atoms with Gasteiger partial charge in [0.25, 0.3) is 5.78 Å². The minimum absolute atomic E-state index is 0.0198. The molecule has 0 atom stereocenters. The van der Waals surface area contributed by atoms with Gasteiger partial charge in [-0.2, -0.15) is 9.61 Å². The third-order valence-electron chi connectivity index (χ3n) is 3.86. The Hall–Kier alpha value is -3.17. The number of halogens is 1. The molecule has 2 N–H and O–H groups in total. The van der Waals surface area contributed by atoms with Crippen molar-refractivity contribution >= 4 is 15.8 Å². The van der Waals surface area contributed by atoms with E-state index in [-0.39, 0.29) is 4.90 Å². The molecule has 2 aromatic carbocycles. The number of primary sulfonamides is 1. The molecule has 0 unspecified atom stereocenters. The number of nitrogens with zero attached hydrogens (tertiary/aromatic N) is 4. The molecule has 0 spiro atoms. The Morgan fingerprint density at radius 2 is 1.73 bits per heavy atom. The van der Waals surface area contributed by atoms with E-state index in [0.29, 0.717) is 28.3 Å². The number of aromatic nitrogens is 4. The van der Waals surface area contributed by atoms with Gasteiger partial charge in [-0.25, -0.2) is 27.9 Å². The second kappa shape index (κ2) is 5.97. The second-order valence-electron chi connectivity index (χ2n) is 5.51. The molecule has 0 bridgehead atoms. The SMILES string of the molecule is NS(=O)(=O)c1ccc(-c2c(-c3ccccc3F)nc3nccnn23)cc1. The number of fused-ring (bicyclic) bond motifs is 1. The molecule has 2 heterocycles. The fraction of sp³-hybridized carbons (Fsp3) is 0. The molecule has 4 aromatic rings. The zero-order chi connectivity index (χ0) is 18.3. The van der Waals surface area contributed by atoms with Crippen LogP contribution in [-0.2, 0) is 10.0 Å². The summed E-state index contributed by atoms with van der Waals surface area (Å²) in [4.78, 5) is 8.53. The van der Waals surface area contributed by atoms with Crippen molar-refractivity contribution in [1.29, 1.82) is 0 Å². The number of hydrogen-bond acceptors (Lipinski definition) is 5. The molecule has 0 amide bonds. The molecule has 0 saturated carbocycles. The van der Waals surface area contributed by atoms with Crippen LogP contribution in [0.1, 0.15) is 0 Å². The van der Waals surface area contributed by atoms with Crippen LogP contribution in [0, 0.1) is 5.82 Å². The van der Waals surface area contributed by atoms with Crippen LogP contribution < -0.4 is 5.14 Å². The Bertz CT molecular complexity index is 1220. The minimum Gasteiger partial charge on any atom is -0.225 e. The zero-order valence-electron chi connectivity index (χ0n) is 13.2. The second-order valence-corrected chi connectivity index (χ2v) is 7.07. The van der Waals surface area contributed by atoms with Gasteiger partial charge >= 0.3 is 0 Å². The molecule has 7 nitrogen and oxygen atoms in total. The van der Waals surface area contributed by atoms with Crippen LogP contribution in [0.3, 0.4) is 0 Å². The van der Waals surface area contributed by atoms with Gasteiger partial charge in [-0.05, 0) is 24.3 Å². The fourth-order valence-electron chi connectivity index (χ4n) is 2.69. The molecular formula is C17H12FN5O2S. The van der Waals surface area contributed by atoms with Crippen molar-refractivity contribution in [3.63, 3.8) is 0 Å². The minimum atomic E-state index is -3.81. The van der Waals surface area contributed by atoms with E-state index in [0.717, 1.165) is 0 Å². The van der Waals surface area contributed by atoms with Gasteiger partial charge in [-0.1, -0.05) is 24.3 Å². The fourth-order valence-corrected chi connectivity index (χ4v) is 3.21. The van der Waals surface area contributed by atoms with Crippen molar-refractivity contribution in [2.45, 2.75) is 4.90 Å². The van der Waals surface area contributed by atoms with Crippen LogP contribution >= 0.6 is 0 Å². The highest BCUT2D eigenvalue weighted by atomic mass is 32.2. The van der Waals surface area contributed by atoms with Crippen LogP contribution in [0.15, 0.2) is 65.8 Å². The predicted octanol–water partition coefficient (Wildman–Crippen LogP) is 2.24. The smallest absolute Gasteiger partial charge is 0.225 e. The molecule has 0 radical (unpaired) electrons. The van der Waals surface area contributed by atoms with E-state index in [1.807, 2.05) is 0 Å². The highest BCUT2D eigenvalue weighted by Crippen LogP contribution is 2.33. The van der Waals surface area contributed by atoms with E-state index < -0.39 is 15.8 Å². The normalized spacial score (nSPS) is 11.8. The first-order valence-electron chi connectivity index (χ1n) is 7.53. The van der Waals surface area contributed by atoms with Crippen LogP contribution in [0.25, 0.3) is 28.3 Å². The monoisotopic (exact) mass is 369 g/mol. The summed E-state index contributed by atoms with van der Waals surface area (Å²) in [6.45, 7) is 0. The lowest BCUT2D eigenvalue weighted by Crippen LogP contribution is -2.11. The topological polar surface area (TPSA) is 103 Å². The van der Waals surface area contributed by atoms with Crippen molar-refractivity contribution < 1.29 is 12.8 Å². The summed E-state index contributed by atoms with van der Waals surface area (Å²) >= 11 is 0. The average molecular weight is 369 g/mol. The Balaban J connectivity index is 2.00. The van der Waals surface area contributed by atoms with Gasteiger partial charge < -0.3 is 0 Å². The summed E-state index contributed by atoms with van der Waals surface area (Å²) in [6, 6.07) is 12.2.